The average molecular weight is 916 g/mol. The molecule has 284 valence electrons. The number of fused-ring (bicyclic) bond motifs is 4. The molecule has 0 saturated carbocycles. The Morgan fingerprint density at radius 3 is 2.04 bits per heavy atom. The van der Waals surface area contributed by atoms with Crippen LogP contribution in [0.1, 0.15) is 84.6 Å². The van der Waals surface area contributed by atoms with Crippen molar-refractivity contribution in [2.45, 2.75) is 78.6 Å². The fourth-order valence-electron chi connectivity index (χ4n) is 6.96. The summed E-state index contributed by atoms with van der Waals surface area (Å²) in [6.45, 7) is 20.1. The molecule has 0 aliphatic heterocycles. The molecule has 0 saturated heterocycles. The molecule has 0 radical (unpaired) electrons. The molecule has 0 N–H and O–H groups in total. The number of nitrogens with zero attached hydrogens (tertiary/aromatic N) is 6. The summed E-state index contributed by atoms with van der Waals surface area (Å²) in [5, 5.41) is 11.6. The number of para-hydroxylation sites is 2. The number of nitriles is 1. The maximum atomic E-state index is 9.72. The summed E-state index contributed by atoms with van der Waals surface area (Å²) in [4.78, 5) is 9.53. The molecule has 8 heteroatoms. The Hall–Kier alpha value is -5.57. The molecule has 0 fully saturated rings. The van der Waals surface area contributed by atoms with Gasteiger partial charge in [0.2, 0.25) is 0 Å². The summed E-state index contributed by atoms with van der Waals surface area (Å²) in [6, 6.07) is 40.0. The quantitative estimate of drug-likeness (QED) is 0.127. The predicted molar refractivity (Wildman–Crippen MR) is 219 cm³/mol. The van der Waals surface area contributed by atoms with E-state index >= 15 is 0 Å². The van der Waals surface area contributed by atoms with Crippen LogP contribution < -0.4 is 9.30 Å². The zero-order valence-corrected chi connectivity index (χ0v) is 35.5. The number of imidazole rings is 1. The Morgan fingerprint density at radius 2 is 1.34 bits per heavy atom. The van der Waals surface area contributed by atoms with Gasteiger partial charge in [0.05, 0.1) is 34.2 Å². The van der Waals surface area contributed by atoms with Gasteiger partial charge < -0.3 is 9.30 Å². The van der Waals surface area contributed by atoms with Gasteiger partial charge in [-0.25, -0.2) is 4.98 Å². The van der Waals surface area contributed by atoms with Crippen molar-refractivity contribution in [3.8, 4) is 34.9 Å². The molecule has 0 unspecified atom stereocenters. The monoisotopic (exact) mass is 915 g/mol. The molecule has 4 aromatic heterocycles. The van der Waals surface area contributed by atoms with Gasteiger partial charge in [0, 0.05) is 38.5 Å². The second-order valence-electron chi connectivity index (χ2n) is 17.3. The first-order valence-corrected chi connectivity index (χ1v) is 18.6. The van der Waals surface area contributed by atoms with Gasteiger partial charge in [0.25, 0.3) is 6.33 Å². The molecule has 7 nitrogen and oxygen atoms in total. The number of ether oxygens (including phenoxy) is 1. The standard InChI is InChI=1S/C48H44N6O.Pt/c1-46(2,3)32-18-20-51-45(26-32)54-40-17-14-31(29-49)22-39(40)38-16-15-36(27-43(38)54)55-37-19-21-50-44(28-37)53-30-52(41-12-10-11-13-42(41)53)35-24-33(47(4,5)6)23-34(25-35)48(7,8)9;/h10-26H,1-9H3;/q-2;. The first-order chi connectivity index (χ1) is 26.1. The summed E-state index contributed by atoms with van der Waals surface area (Å²) in [5.74, 6) is 2.33. The molecular formula is C48H44N6OPt-2. The molecule has 4 aromatic carbocycles. The van der Waals surface area contributed by atoms with Crippen molar-refractivity contribution in [2.24, 2.45) is 0 Å². The van der Waals surface area contributed by atoms with Gasteiger partial charge in [0.15, 0.2) is 0 Å². The van der Waals surface area contributed by atoms with Crippen molar-refractivity contribution < 1.29 is 30.4 Å². The van der Waals surface area contributed by atoms with Crippen LogP contribution in [-0.4, -0.2) is 19.1 Å². The molecule has 56 heavy (non-hydrogen) atoms. The SMILES string of the molecule is CC(C)(C)c1cc(-[n+]2[c-]n(-c3[c-]c(Oc4[c-]c5c(cc4)c4cc(C#N)ccc4n5-c4cc(C(C)(C)C)ccn4)ccn3)c3ccccc32)cc(C(C)(C)C)c1.[Pt]. The van der Waals surface area contributed by atoms with Crippen molar-refractivity contribution in [2.75, 3.05) is 0 Å². The first-order valence-electron chi connectivity index (χ1n) is 18.6. The van der Waals surface area contributed by atoms with E-state index in [1.54, 1.807) is 12.3 Å². The fourth-order valence-corrected chi connectivity index (χ4v) is 6.96. The second kappa shape index (κ2) is 14.2. The Labute approximate surface area is 343 Å². The van der Waals surface area contributed by atoms with E-state index in [-0.39, 0.29) is 37.3 Å². The Balaban J connectivity index is 0.00000480. The number of rotatable bonds is 5. The van der Waals surface area contributed by atoms with E-state index in [0.29, 0.717) is 22.9 Å². The van der Waals surface area contributed by atoms with Gasteiger partial charge >= 0.3 is 0 Å². The van der Waals surface area contributed by atoms with Crippen molar-refractivity contribution in [3.05, 3.63) is 144 Å². The zero-order valence-electron chi connectivity index (χ0n) is 33.2. The van der Waals surface area contributed by atoms with Crippen LogP contribution in [0.15, 0.2) is 103 Å². The van der Waals surface area contributed by atoms with Crippen LogP contribution in [0.5, 0.6) is 11.5 Å². The van der Waals surface area contributed by atoms with Crippen molar-refractivity contribution >= 4 is 32.8 Å². The maximum absolute atomic E-state index is 9.72. The van der Waals surface area contributed by atoms with E-state index in [1.807, 2.05) is 53.2 Å². The molecule has 0 spiro atoms. The molecule has 4 heterocycles. The van der Waals surface area contributed by atoms with Crippen LogP contribution in [-0.2, 0) is 37.3 Å². The summed E-state index contributed by atoms with van der Waals surface area (Å²) < 4.78 is 12.6. The smallest absolute Gasteiger partial charge is 0.269 e. The third-order valence-corrected chi connectivity index (χ3v) is 10.2. The maximum Gasteiger partial charge on any atom is 0.269 e. The minimum atomic E-state index is -0.0646. The van der Waals surface area contributed by atoms with E-state index < -0.39 is 0 Å². The largest absolute Gasteiger partial charge is 0.522 e. The van der Waals surface area contributed by atoms with E-state index in [9.17, 15) is 5.26 Å². The number of benzene rings is 4. The molecule has 0 aliphatic rings. The van der Waals surface area contributed by atoms with E-state index in [2.05, 4.69) is 138 Å². The van der Waals surface area contributed by atoms with Gasteiger partial charge in [-0.3, -0.25) is 14.1 Å². The summed E-state index contributed by atoms with van der Waals surface area (Å²) >= 11 is 0. The van der Waals surface area contributed by atoms with Crippen molar-refractivity contribution in [1.29, 1.82) is 5.26 Å². The summed E-state index contributed by atoms with van der Waals surface area (Å²) in [6.07, 6.45) is 7.18. The van der Waals surface area contributed by atoms with Crippen LogP contribution in [0.25, 0.3) is 50.2 Å². The minimum absolute atomic E-state index is 0. The van der Waals surface area contributed by atoms with Gasteiger partial charge in [-0.1, -0.05) is 104 Å². The van der Waals surface area contributed by atoms with E-state index in [1.165, 1.54) is 16.7 Å². The fraction of sp³-hybridized carbons (Fsp3) is 0.250. The van der Waals surface area contributed by atoms with Crippen LogP contribution >= 0.6 is 0 Å². The summed E-state index contributed by atoms with van der Waals surface area (Å²) in [5.41, 5.74) is 8.89. The number of aromatic nitrogens is 5. The molecule has 0 atom stereocenters. The zero-order chi connectivity index (χ0) is 38.9. The van der Waals surface area contributed by atoms with Crippen molar-refractivity contribution in [1.82, 2.24) is 19.1 Å². The number of hydrogen-bond donors (Lipinski definition) is 0. The molecular weight excluding hydrogens is 872 g/mol. The van der Waals surface area contributed by atoms with Crippen LogP contribution in [0.2, 0.25) is 0 Å². The van der Waals surface area contributed by atoms with E-state index in [4.69, 9.17) is 14.7 Å². The molecule has 0 amide bonds. The Morgan fingerprint density at radius 1 is 0.661 bits per heavy atom. The van der Waals surface area contributed by atoms with E-state index in [0.717, 1.165) is 44.3 Å². The normalized spacial score (nSPS) is 12.2. The van der Waals surface area contributed by atoms with Gasteiger partial charge in [-0.05, 0) is 86.5 Å². The van der Waals surface area contributed by atoms with Gasteiger partial charge in [-0.2, -0.15) is 23.5 Å². The Kier molecular flexibility index (Phi) is 9.80. The minimum Gasteiger partial charge on any atom is -0.522 e. The van der Waals surface area contributed by atoms with Crippen LogP contribution in [0, 0.1) is 29.8 Å². The second-order valence-corrected chi connectivity index (χ2v) is 17.3. The third kappa shape index (κ3) is 7.15. The molecule has 0 bridgehead atoms. The van der Waals surface area contributed by atoms with Gasteiger partial charge in [-0.15, -0.1) is 17.5 Å². The summed E-state index contributed by atoms with van der Waals surface area (Å²) in [7, 11) is 0. The molecule has 0 aliphatic carbocycles. The Bertz CT molecular complexity index is 2790. The van der Waals surface area contributed by atoms with Crippen LogP contribution in [0.3, 0.4) is 0 Å². The number of hydrogen-bond acceptors (Lipinski definition) is 4. The van der Waals surface area contributed by atoms with Crippen LogP contribution in [0.4, 0.5) is 0 Å². The first kappa shape index (κ1) is 38.7. The predicted octanol–water partition coefficient (Wildman–Crippen LogP) is 10.7. The molecule has 8 rings (SSSR count). The number of pyridine rings is 2. The topological polar surface area (TPSA) is 72.5 Å². The van der Waals surface area contributed by atoms with Crippen molar-refractivity contribution in [3.63, 3.8) is 0 Å². The van der Waals surface area contributed by atoms with Gasteiger partial charge in [0.1, 0.15) is 5.82 Å². The molecule has 8 aromatic rings. The third-order valence-electron chi connectivity index (χ3n) is 10.2. The average Bonchev–Trinajstić information content (AvgIpc) is 3.69.